The molecule has 3 rings (SSSR count). The first-order valence-corrected chi connectivity index (χ1v) is 6.65. The molecule has 90 valence electrons. The molecule has 1 heterocycles. The third-order valence-corrected chi connectivity index (χ3v) is 3.91. The van der Waals surface area contributed by atoms with E-state index in [9.17, 15) is 0 Å². The van der Waals surface area contributed by atoms with Crippen molar-refractivity contribution in [2.24, 2.45) is 5.92 Å². The SMILES string of the molecule is C1=CC(C2Cc3ccccc3NCN2)CCC1. The monoisotopic (exact) mass is 228 g/mol. The lowest BCUT2D eigenvalue weighted by atomic mass is 9.86. The topological polar surface area (TPSA) is 24.1 Å². The van der Waals surface area contributed by atoms with Crippen LogP contribution in [0.15, 0.2) is 36.4 Å². The largest absolute Gasteiger partial charge is 0.372 e. The maximum Gasteiger partial charge on any atom is 0.0655 e. The van der Waals surface area contributed by atoms with Crippen LogP contribution in [0.1, 0.15) is 24.8 Å². The van der Waals surface area contributed by atoms with E-state index in [0.29, 0.717) is 12.0 Å². The average Bonchev–Trinajstić information content (AvgIpc) is 2.62. The summed E-state index contributed by atoms with van der Waals surface area (Å²) in [5.41, 5.74) is 2.74. The normalized spacial score (nSPS) is 28.0. The number of para-hydroxylation sites is 1. The van der Waals surface area contributed by atoms with E-state index in [0.717, 1.165) is 13.1 Å². The highest BCUT2D eigenvalue weighted by atomic mass is 15.1. The Morgan fingerprint density at radius 2 is 2.12 bits per heavy atom. The Kier molecular flexibility index (Phi) is 3.14. The van der Waals surface area contributed by atoms with E-state index in [1.54, 1.807) is 0 Å². The number of nitrogens with one attached hydrogen (secondary N) is 2. The quantitative estimate of drug-likeness (QED) is 0.722. The third-order valence-electron chi connectivity index (χ3n) is 3.91. The van der Waals surface area contributed by atoms with Crippen LogP contribution in [0, 0.1) is 5.92 Å². The van der Waals surface area contributed by atoms with Gasteiger partial charge in [-0.05, 0) is 43.2 Å². The molecule has 2 N–H and O–H groups in total. The second-order valence-electron chi connectivity index (χ2n) is 5.05. The molecule has 0 spiro atoms. The summed E-state index contributed by atoms with van der Waals surface area (Å²) >= 11 is 0. The van der Waals surface area contributed by atoms with Gasteiger partial charge in [-0.25, -0.2) is 0 Å². The van der Waals surface area contributed by atoms with Crippen molar-refractivity contribution in [3.63, 3.8) is 0 Å². The van der Waals surface area contributed by atoms with Crippen molar-refractivity contribution < 1.29 is 0 Å². The molecule has 1 aromatic rings. The van der Waals surface area contributed by atoms with E-state index in [1.165, 1.54) is 30.5 Å². The number of benzene rings is 1. The van der Waals surface area contributed by atoms with Crippen molar-refractivity contribution in [3.05, 3.63) is 42.0 Å². The molecule has 2 nitrogen and oxygen atoms in total. The molecule has 1 aliphatic carbocycles. The first kappa shape index (κ1) is 10.8. The lowest BCUT2D eigenvalue weighted by molar-refractivity contribution is 0.384. The van der Waals surface area contributed by atoms with Gasteiger partial charge in [0.1, 0.15) is 0 Å². The summed E-state index contributed by atoms with van der Waals surface area (Å²) in [6, 6.07) is 9.25. The molecule has 0 fully saturated rings. The number of hydrogen-bond acceptors (Lipinski definition) is 2. The number of allylic oxidation sites excluding steroid dienone is 1. The molecule has 2 atom stereocenters. The van der Waals surface area contributed by atoms with Crippen LogP contribution in [0.5, 0.6) is 0 Å². The molecule has 0 saturated carbocycles. The van der Waals surface area contributed by atoms with E-state index < -0.39 is 0 Å². The predicted octanol–water partition coefficient (Wildman–Crippen LogP) is 2.93. The van der Waals surface area contributed by atoms with Gasteiger partial charge in [-0.2, -0.15) is 0 Å². The summed E-state index contributed by atoms with van der Waals surface area (Å²) in [6.07, 6.45) is 9.83. The van der Waals surface area contributed by atoms with Crippen molar-refractivity contribution in [2.75, 3.05) is 12.0 Å². The Bertz CT molecular complexity index is 411. The second kappa shape index (κ2) is 4.92. The molecule has 0 amide bonds. The van der Waals surface area contributed by atoms with Gasteiger partial charge in [0.2, 0.25) is 0 Å². The van der Waals surface area contributed by atoms with Crippen LogP contribution in [-0.4, -0.2) is 12.7 Å². The van der Waals surface area contributed by atoms with Gasteiger partial charge in [-0.15, -0.1) is 0 Å². The molecule has 0 saturated heterocycles. The van der Waals surface area contributed by atoms with Gasteiger partial charge in [-0.3, -0.25) is 5.32 Å². The Labute approximate surface area is 103 Å². The van der Waals surface area contributed by atoms with Crippen molar-refractivity contribution >= 4 is 5.69 Å². The fraction of sp³-hybridized carbons (Fsp3) is 0.467. The molecule has 1 aliphatic heterocycles. The van der Waals surface area contributed by atoms with E-state index in [2.05, 4.69) is 47.1 Å². The molecule has 0 radical (unpaired) electrons. The van der Waals surface area contributed by atoms with Crippen molar-refractivity contribution in [2.45, 2.75) is 31.7 Å². The zero-order valence-electron chi connectivity index (χ0n) is 10.2. The van der Waals surface area contributed by atoms with E-state index in [4.69, 9.17) is 0 Å². The summed E-state index contributed by atoms with van der Waals surface area (Å²) < 4.78 is 0. The van der Waals surface area contributed by atoms with Gasteiger partial charge in [-0.1, -0.05) is 30.4 Å². The molecule has 2 aliphatic rings. The standard InChI is InChI=1S/C15H20N2/c1-2-6-12(7-3-1)15-10-13-8-4-5-9-14(13)16-11-17-15/h2,4-6,8-9,12,15-17H,1,3,7,10-11H2. The van der Waals surface area contributed by atoms with Crippen LogP contribution >= 0.6 is 0 Å². The lowest BCUT2D eigenvalue weighted by Gasteiger charge is -2.26. The smallest absolute Gasteiger partial charge is 0.0655 e. The highest BCUT2D eigenvalue weighted by Gasteiger charge is 2.23. The minimum atomic E-state index is 0.586. The lowest BCUT2D eigenvalue weighted by Crippen LogP contribution is -2.38. The van der Waals surface area contributed by atoms with E-state index in [-0.39, 0.29) is 0 Å². The molecular formula is C15H20N2. The van der Waals surface area contributed by atoms with Gasteiger partial charge in [0.25, 0.3) is 0 Å². The first-order chi connectivity index (χ1) is 8.43. The molecule has 2 unspecified atom stereocenters. The Morgan fingerprint density at radius 3 is 3.00 bits per heavy atom. The van der Waals surface area contributed by atoms with Crippen LogP contribution < -0.4 is 10.6 Å². The number of anilines is 1. The van der Waals surface area contributed by atoms with Crippen LogP contribution in [-0.2, 0) is 6.42 Å². The minimum Gasteiger partial charge on any atom is -0.372 e. The summed E-state index contributed by atoms with van der Waals surface area (Å²) in [6.45, 7) is 0.881. The molecule has 17 heavy (non-hydrogen) atoms. The van der Waals surface area contributed by atoms with Gasteiger partial charge >= 0.3 is 0 Å². The Balaban J connectivity index is 1.80. The summed E-state index contributed by atoms with van der Waals surface area (Å²) in [5, 5.41) is 7.09. The van der Waals surface area contributed by atoms with Gasteiger partial charge in [0.05, 0.1) is 6.67 Å². The second-order valence-corrected chi connectivity index (χ2v) is 5.05. The van der Waals surface area contributed by atoms with Crippen LogP contribution in [0.25, 0.3) is 0 Å². The van der Waals surface area contributed by atoms with Crippen molar-refractivity contribution in [3.8, 4) is 0 Å². The molecular weight excluding hydrogens is 208 g/mol. The minimum absolute atomic E-state index is 0.586. The predicted molar refractivity (Wildman–Crippen MR) is 72.0 cm³/mol. The third kappa shape index (κ3) is 2.37. The number of fused-ring (bicyclic) bond motifs is 1. The summed E-state index contributed by atoms with van der Waals surface area (Å²) in [7, 11) is 0. The maximum atomic E-state index is 3.64. The first-order valence-electron chi connectivity index (χ1n) is 6.65. The molecule has 0 aromatic heterocycles. The average molecular weight is 228 g/mol. The number of rotatable bonds is 1. The fourth-order valence-corrected chi connectivity index (χ4v) is 2.93. The van der Waals surface area contributed by atoms with Gasteiger partial charge < -0.3 is 5.32 Å². The highest BCUT2D eigenvalue weighted by Crippen LogP contribution is 2.26. The number of hydrogen-bond donors (Lipinski definition) is 2. The van der Waals surface area contributed by atoms with Crippen LogP contribution in [0.2, 0.25) is 0 Å². The molecule has 2 heteroatoms. The molecule has 1 aromatic carbocycles. The summed E-state index contributed by atoms with van der Waals surface area (Å²) in [5.74, 6) is 0.705. The van der Waals surface area contributed by atoms with E-state index in [1.807, 2.05) is 0 Å². The van der Waals surface area contributed by atoms with Crippen LogP contribution in [0.4, 0.5) is 5.69 Å². The maximum absolute atomic E-state index is 3.64. The summed E-state index contributed by atoms with van der Waals surface area (Å²) in [4.78, 5) is 0. The zero-order chi connectivity index (χ0) is 11.5. The highest BCUT2D eigenvalue weighted by molar-refractivity contribution is 5.52. The Morgan fingerprint density at radius 1 is 1.18 bits per heavy atom. The van der Waals surface area contributed by atoms with Gasteiger partial charge in [0, 0.05) is 11.7 Å². The molecule has 0 bridgehead atoms. The van der Waals surface area contributed by atoms with E-state index >= 15 is 0 Å². The van der Waals surface area contributed by atoms with Crippen molar-refractivity contribution in [1.29, 1.82) is 0 Å². The zero-order valence-corrected chi connectivity index (χ0v) is 10.2. The van der Waals surface area contributed by atoms with Gasteiger partial charge in [0.15, 0.2) is 0 Å². The van der Waals surface area contributed by atoms with Crippen molar-refractivity contribution in [1.82, 2.24) is 5.32 Å². The van der Waals surface area contributed by atoms with Crippen LogP contribution in [0.3, 0.4) is 0 Å². The Hall–Kier alpha value is -1.28. The fourth-order valence-electron chi connectivity index (χ4n) is 2.93.